The molecule has 6 nitrogen and oxygen atoms in total. The third kappa shape index (κ3) is 3.15. The third-order valence-corrected chi connectivity index (χ3v) is 4.67. The first-order valence-corrected chi connectivity index (χ1v) is 8.52. The molecule has 0 radical (unpaired) electrons. The van der Waals surface area contributed by atoms with Crippen LogP contribution in [0.15, 0.2) is 60.9 Å². The van der Waals surface area contributed by atoms with Gasteiger partial charge in [-0.2, -0.15) is 0 Å². The number of amides is 2. The van der Waals surface area contributed by atoms with Gasteiger partial charge < -0.3 is 10.2 Å². The SMILES string of the molecule is C[C@@H]1C[C@H](NC(=O)Nn2cnc3ccccc32)CN1c1ccccc1. The summed E-state index contributed by atoms with van der Waals surface area (Å²) >= 11 is 0. The van der Waals surface area contributed by atoms with Crippen molar-refractivity contribution < 1.29 is 4.79 Å². The zero-order valence-electron chi connectivity index (χ0n) is 14.1. The maximum absolute atomic E-state index is 12.4. The normalized spacial score (nSPS) is 20.0. The topological polar surface area (TPSA) is 62.2 Å². The molecule has 0 bridgehead atoms. The Kier molecular flexibility index (Phi) is 4.01. The summed E-state index contributed by atoms with van der Waals surface area (Å²) in [5.41, 5.74) is 5.77. The number of benzene rings is 2. The quantitative estimate of drug-likeness (QED) is 0.773. The van der Waals surface area contributed by atoms with E-state index in [2.05, 4.69) is 39.7 Å². The summed E-state index contributed by atoms with van der Waals surface area (Å²) in [6.45, 7) is 3.00. The second-order valence-corrected chi connectivity index (χ2v) is 6.46. The number of hydrogen-bond acceptors (Lipinski definition) is 3. The minimum atomic E-state index is -0.213. The molecular formula is C19H21N5O. The van der Waals surface area contributed by atoms with E-state index >= 15 is 0 Å². The van der Waals surface area contributed by atoms with Crippen molar-refractivity contribution in [3.63, 3.8) is 0 Å². The van der Waals surface area contributed by atoms with Gasteiger partial charge in [-0.1, -0.05) is 30.3 Å². The second-order valence-electron chi connectivity index (χ2n) is 6.46. The van der Waals surface area contributed by atoms with Crippen LogP contribution in [0.25, 0.3) is 11.0 Å². The molecule has 0 saturated carbocycles. The highest BCUT2D eigenvalue weighted by Crippen LogP contribution is 2.25. The second kappa shape index (κ2) is 6.47. The molecule has 1 aliphatic rings. The molecule has 0 unspecified atom stereocenters. The lowest BCUT2D eigenvalue weighted by molar-refractivity contribution is 0.246. The molecule has 2 aromatic carbocycles. The molecule has 0 aliphatic carbocycles. The minimum Gasteiger partial charge on any atom is -0.367 e. The average Bonchev–Trinajstić information content (AvgIpc) is 3.19. The predicted octanol–water partition coefficient (Wildman–Crippen LogP) is 2.96. The van der Waals surface area contributed by atoms with Crippen LogP contribution < -0.4 is 15.6 Å². The first kappa shape index (κ1) is 15.5. The molecule has 2 amide bonds. The van der Waals surface area contributed by atoms with Crippen LogP contribution in [0.5, 0.6) is 0 Å². The van der Waals surface area contributed by atoms with Gasteiger partial charge in [0, 0.05) is 18.3 Å². The van der Waals surface area contributed by atoms with E-state index in [1.54, 1.807) is 11.0 Å². The molecule has 3 aromatic rings. The number of nitrogens with one attached hydrogen (secondary N) is 2. The molecule has 25 heavy (non-hydrogen) atoms. The Labute approximate surface area is 146 Å². The van der Waals surface area contributed by atoms with E-state index in [-0.39, 0.29) is 12.1 Å². The fourth-order valence-corrected chi connectivity index (χ4v) is 3.49. The van der Waals surface area contributed by atoms with E-state index in [1.165, 1.54) is 5.69 Å². The van der Waals surface area contributed by atoms with Gasteiger partial charge in [0.15, 0.2) is 0 Å². The molecule has 2 N–H and O–H groups in total. The van der Waals surface area contributed by atoms with Crippen molar-refractivity contribution in [3.8, 4) is 0 Å². The van der Waals surface area contributed by atoms with Crippen molar-refractivity contribution in [1.82, 2.24) is 15.0 Å². The van der Waals surface area contributed by atoms with Gasteiger partial charge >= 0.3 is 6.03 Å². The zero-order chi connectivity index (χ0) is 17.2. The van der Waals surface area contributed by atoms with Gasteiger partial charge in [0.05, 0.1) is 17.1 Å². The van der Waals surface area contributed by atoms with Gasteiger partial charge in [0.1, 0.15) is 6.33 Å². The fraction of sp³-hybridized carbons (Fsp3) is 0.263. The van der Waals surface area contributed by atoms with Crippen LogP contribution in [0.1, 0.15) is 13.3 Å². The van der Waals surface area contributed by atoms with E-state index in [1.807, 2.05) is 42.5 Å². The molecule has 128 valence electrons. The van der Waals surface area contributed by atoms with E-state index in [0.717, 1.165) is 24.0 Å². The highest BCUT2D eigenvalue weighted by molar-refractivity contribution is 5.85. The lowest BCUT2D eigenvalue weighted by Gasteiger charge is -2.23. The van der Waals surface area contributed by atoms with E-state index < -0.39 is 0 Å². The molecule has 2 atom stereocenters. The van der Waals surface area contributed by atoms with Crippen LogP contribution in [-0.2, 0) is 0 Å². The molecule has 1 saturated heterocycles. The molecule has 1 aromatic heterocycles. The Bertz CT molecular complexity index is 876. The van der Waals surface area contributed by atoms with Crippen molar-refractivity contribution in [2.45, 2.75) is 25.4 Å². The number of carbonyl (C=O) groups is 1. The van der Waals surface area contributed by atoms with Crippen molar-refractivity contribution in [3.05, 3.63) is 60.9 Å². The van der Waals surface area contributed by atoms with Crippen molar-refractivity contribution in [1.29, 1.82) is 0 Å². The Balaban J connectivity index is 1.40. The maximum Gasteiger partial charge on any atom is 0.334 e. The summed E-state index contributed by atoms with van der Waals surface area (Å²) in [5, 5.41) is 3.07. The highest BCUT2D eigenvalue weighted by atomic mass is 16.2. The third-order valence-electron chi connectivity index (χ3n) is 4.67. The lowest BCUT2D eigenvalue weighted by atomic mass is 10.2. The number of imidazole rings is 1. The molecule has 1 fully saturated rings. The molecule has 2 heterocycles. The predicted molar refractivity (Wildman–Crippen MR) is 99.3 cm³/mol. The van der Waals surface area contributed by atoms with Gasteiger partial charge in [0.25, 0.3) is 0 Å². The average molecular weight is 335 g/mol. The van der Waals surface area contributed by atoms with Crippen LogP contribution in [-0.4, -0.2) is 34.3 Å². The molecule has 6 heteroatoms. The summed E-state index contributed by atoms with van der Waals surface area (Å²) in [6.07, 6.45) is 2.55. The van der Waals surface area contributed by atoms with E-state index in [0.29, 0.717) is 6.04 Å². The number of urea groups is 1. The van der Waals surface area contributed by atoms with E-state index in [9.17, 15) is 4.79 Å². The van der Waals surface area contributed by atoms with Gasteiger partial charge in [-0.15, -0.1) is 0 Å². The molecule has 4 rings (SSSR count). The number of nitrogens with zero attached hydrogens (tertiary/aromatic N) is 3. The van der Waals surface area contributed by atoms with Gasteiger partial charge in [0.2, 0.25) is 0 Å². The highest BCUT2D eigenvalue weighted by Gasteiger charge is 2.30. The number of hydrogen-bond donors (Lipinski definition) is 2. The first-order valence-electron chi connectivity index (χ1n) is 8.52. The smallest absolute Gasteiger partial charge is 0.334 e. The van der Waals surface area contributed by atoms with Crippen LogP contribution in [0.2, 0.25) is 0 Å². The lowest BCUT2D eigenvalue weighted by Crippen LogP contribution is -2.42. The van der Waals surface area contributed by atoms with Crippen molar-refractivity contribution in [2.75, 3.05) is 16.9 Å². The van der Waals surface area contributed by atoms with Crippen LogP contribution in [0.3, 0.4) is 0 Å². The number of para-hydroxylation sites is 3. The van der Waals surface area contributed by atoms with E-state index in [4.69, 9.17) is 0 Å². The van der Waals surface area contributed by atoms with Crippen LogP contribution in [0.4, 0.5) is 10.5 Å². The number of fused-ring (bicyclic) bond motifs is 1. The fourth-order valence-electron chi connectivity index (χ4n) is 3.49. The van der Waals surface area contributed by atoms with Gasteiger partial charge in [-0.3, -0.25) is 0 Å². The number of aromatic nitrogens is 2. The Morgan fingerprint density at radius 2 is 1.88 bits per heavy atom. The van der Waals surface area contributed by atoms with Gasteiger partial charge in [-0.05, 0) is 37.6 Å². The number of rotatable bonds is 3. The first-order chi connectivity index (χ1) is 12.2. The molecule has 1 aliphatic heterocycles. The summed E-state index contributed by atoms with van der Waals surface area (Å²) in [4.78, 5) is 19.0. The summed E-state index contributed by atoms with van der Waals surface area (Å²) in [7, 11) is 0. The van der Waals surface area contributed by atoms with Crippen molar-refractivity contribution in [2.24, 2.45) is 0 Å². The Morgan fingerprint density at radius 1 is 1.12 bits per heavy atom. The standard InChI is InChI=1S/C19H21N5O/c1-14-11-15(12-23(14)16-7-3-2-4-8-16)21-19(25)22-24-13-20-17-9-5-6-10-18(17)24/h2-10,13-15H,11-12H2,1H3,(H2,21,22,25)/t14-,15+/m1/s1. The monoisotopic (exact) mass is 335 g/mol. The number of anilines is 1. The largest absolute Gasteiger partial charge is 0.367 e. The zero-order valence-corrected chi connectivity index (χ0v) is 14.1. The van der Waals surface area contributed by atoms with Gasteiger partial charge in [-0.25, -0.2) is 19.9 Å². The molecular weight excluding hydrogens is 314 g/mol. The minimum absolute atomic E-state index is 0.116. The Morgan fingerprint density at radius 3 is 2.72 bits per heavy atom. The summed E-state index contributed by atoms with van der Waals surface area (Å²) < 4.78 is 1.65. The maximum atomic E-state index is 12.4. The van der Waals surface area contributed by atoms with Crippen LogP contribution >= 0.6 is 0 Å². The van der Waals surface area contributed by atoms with Crippen molar-refractivity contribution >= 4 is 22.8 Å². The molecule has 0 spiro atoms. The van der Waals surface area contributed by atoms with Crippen LogP contribution in [0, 0.1) is 0 Å². The summed E-state index contributed by atoms with van der Waals surface area (Å²) in [6, 6.07) is 18.3. The summed E-state index contributed by atoms with van der Waals surface area (Å²) in [5.74, 6) is 0. The number of carbonyl (C=O) groups excluding carboxylic acids is 1. The Hall–Kier alpha value is -3.02.